The quantitative estimate of drug-likeness (QED) is 0.469. The van der Waals surface area contributed by atoms with Crippen molar-refractivity contribution < 1.29 is 14.3 Å². The normalized spacial score (nSPS) is 25.8. The summed E-state index contributed by atoms with van der Waals surface area (Å²) in [5.41, 5.74) is 2.09. The third-order valence-electron chi connectivity index (χ3n) is 4.44. The number of hydrogen-bond acceptors (Lipinski definition) is 3. The molecule has 0 spiro atoms. The van der Waals surface area contributed by atoms with Gasteiger partial charge in [-0.3, -0.25) is 0 Å². The van der Waals surface area contributed by atoms with Gasteiger partial charge in [0, 0.05) is 12.0 Å². The Balaban J connectivity index is 1.59. The molecule has 1 aromatic carbocycles. The van der Waals surface area contributed by atoms with E-state index in [4.69, 9.17) is 9.47 Å². The van der Waals surface area contributed by atoms with Crippen LogP contribution in [0.3, 0.4) is 0 Å². The van der Waals surface area contributed by atoms with E-state index in [0.717, 1.165) is 29.7 Å². The first-order valence-electron chi connectivity index (χ1n) is 7.96. The molecule has 1 aromatic rings. The van der Waals surface area contributed by atoms with Crippen molar-refractivity contribution in [3.05, 3.63) is 47.6 Å². The van der Waals surface area contributed by atoms with Crippen molar-refractivity contribution in [1.29, 1.82) is 0 Å². The number of allylic oxidation sites excluding steroid dienone is 1. The summed E-state index contributed by atoms with van der Waals surface area (Å²) in [5, 5.41) is 0. The van der Waals surface area contributed by atoms with E-state index in [-0.39, 0.29) is 12.1 Å². The van der Waals surface area contributed by atoms with Crippen LogP contribution in [0.25, 0.3) is 6.08 Å². The van der Waals surface area contributed by atoms with Crippen molar-refractivity contribution in [3.8, 4) is 5.75 Å². The summed E-state index contributed by atoms with van der Waals surface area (Å²) in [6, 6.07) is 5.86. The van der Waals surface area contributed by atoms with E-state index in [1.807, 2.05) is 38.1 Å². The number of rotatable bonds is 5. The second-order valence-electron chi connectivity index (χ2n) is 6.04. The monoisotopic (exact) mass is 298 g/mol. The minimum absolute atomic E-state index is 0.0635. The Hall–Kier alpha value is -2.03. The second-order valence-corrected chi connectivity index (χ2v) is 6.04. The molecule has 2 aliphatic carbocycles. The summed E-state index contributed by atoms with van der Waals surface area (Å²) in [6.45, 7) is 4.62. The number of esters is 1. The van der Waals surface area contributed by atoms with Crippen molar-refractivity contribution in [2.24, 2.45) is 11.8 Å². The minimum atomic E-state index is -0.251. The molecule has 3 rings (SSSR count). The van der Waals surface area contributed by atoms with Gasteiger partial charge in [-0.05, 0) is 61.9 Å². The first kappa shape index (κ1) is 14.9. The lowest BCUT2D eigenvalue weighted by atomic mass is 10.0. The predicted octanol–water partition coefficient (Wildman–Crippen LogP) is 3.91. The van der Waals surface area contributed by atoms with Crippen LogP contribution in [0, 0.1) is 18.8 Å². The topological polar surface area (TPSA) is 35.5 Å². The van der Waals surface area contributed by atoms with Crippen LogP contribution in [0.2, 0.25) is 0 Å². The average Bonchev–Trinajstić information content (AvgIpc) is 3.09. The molecule has 0 N–H and O–H groups in total. The molecule has 3 nitrogen and oxygen atoms in total. The Morgan fingerprint density at radius 3 is 2.82 bits per heavy atom. The standard InChI is InChI=1S/C19H22O3/c1-3-21-17-8-6-15(13(2)10-17)7-9-19(20)22-18-12-14-4-5-16(18)11-14/h4-10,14,16,18H,3,11-12H2,1-2H3/b9-7+. The number of hydrogen-bond donors (Lipinski definition) is 0. The van der Waals surface area contributed by atoms with Gasteiger partial charge in [0.25, 0.3) is 0 Å². The Bertz CT molecular complexity index is 615. The van der Waals surface area contributed by atoms with Gasteiger partial charge in [-0.15, -0.1) is 0 Å². The summed E-state index contributed by atoms with van der Waals surface area (Å²) >= 11 is 0. The fraction of sp³-hybridized carbons (Fsp3) is 0.421. The van der Waals surface area contributed by atoms with E-state index in [2.05, 4.69) is 12.2 Å². The lowest BCUT2D eigenvalue weighted by Gasteiger charge is -2.17. The van der Waals surface area contributed by atoms with Gasteiger partial charge in [0.2, 0.25) is 0 Å². The summed E-state index contributed by atoms with van der Waals surface area (Å²) in [7, 11) is 0. The summed E-state index contributed by atoms with van der Waals surface area (Å²) in [6.07, 6.45) is 9.95. The summed E-state index contributed by atoms with van der Waals surface area (Å²) < 4.78 is 11.0. The fourth-order valence-electron chi connectivity index (χ4n) is 3.30. The van der Waals surface area contributed by atoms with E-state index >= 15 is 0 Å². The Morgan fingerprint density at radius 2 is 2.18 bits per heavy atom. The number of aryl methyl sites for hydroxylation is 1. The SMILES string of the molecule is CCOc1ccc(/C=C/C(=O)OC2CC3C=CC2C3)c(C)c1. The summed E-state index contributed by atoms with van der Waals surface area (Å²) in [4.78, 5) is 12.0. The fourth-order valence-corrected chi connectivity index (χ4v) is 3.30. The van der Waals surface area contributed by atoms with Crippen LogP contribution in [-0.4, -0.2) is 18.7 Å². The van der Waals surface area contributed by atoms with Gasteiger partial charge in [0.05, 0.1) is 6.61 Å². The van der Waals surface area contributed by atoms with E-state index < -0.39 is 0 Å². The van der Waals surface area contributed by atoms with E-state index in [0.29, 0.717) is 18.4 Å². The predicted molar refractivity (Wildman–Crippen MR) is 86.6 cm³/mol. The Labute approximate surface area is 131 Å². The van der Waals surface area contributed by atoms with Crippen molar-refractivity contribution >= 4 is 12.0 Å². The van der Waals surface area contributed by atoms with Crippen LogP contribution in [0.15, 0.2) is 36.4 Å². The molecule has 3 unspecified atom stereocenters. The van der Waals surface area contributed by atoms with Gasteiger partial charge in [-0.2, -0.15) is 0 Å². The maximum absolute atomic E-state index is 12.0. The zero-order chi connectivity index (χ0) is 15.5. The molecule has 1 fully saturated rings. The molecule has 0 amide bonds. The molecule has 3 heteroatoms. The van der Waals surface area contributed by atoms with Gasteiger partial charge in [-0.25, -0.2) is 4.79 Å². The van der Waals surface area contributed by atoms with Gasteiger partial charge < -0.3 is 9.47 Å². The molecule has 22 heavy (non-hydrogen) atoms. The first-order chi connectivity index (χ1) is 10.7. The lowest BCUT2D eigenvalue weighted by Crippen LogP contribution is -2.21. The maximum atomic E-state index is 12.0. The zero-order valence-electron chi connectivity index (χ0n) is 13.1. The smallest absolute Gasteiger partial charge is 0.331 e. The van der Waals surface area contributed by atoms with E-state index in [9.17, 15) is 4.79 Å². The first-order valence-corrected chi connectivity index (χ1v) is 7.96. The molecule has 0 radical (unpaired) electrons. The van der Waals surface area contributed by atoms with Gasteiger partial charge in [0.1, 0.15) is 11.9 Å². The lowest BCUT2D eigenvalue weighted by molar-refractivity contribution is -0.144. The summed E-state index contributed by atoms with van der Waals surface area (Å²) in [5.74, 6) is 1.64. The molecular weight excluding hydrogens is 276 g/mol. The molecule has 1 saturated carbocycles. The van der Waals surface area contributed by atoms with Gasteiger partial charge in [0.15, 0.2) is 0 Å². The Kier molecular flexibility index (Phi) is 4.32. The maximum Gasteiger partial charge on any atom is 0.331 e. The zero-order valence-corrected chi connectivity index (χ0v) is 13.1. The van der Waals surface area contributed by atoms with Crippen LogP contribution < -0.4 is 4.74 Å². The molecule has 0 saturated heterocycles. The Morgan fingerprint density at radius 1 is 1.32 bits per heavy atom. The number of ether oxygens (including phenoxy) is 2. The second kappa shape index (κ2) is 6.39. The van der Waals surface area contributed by atoms with Crippen LogP contribution >= 0.6 is 0 Å². The van der Waals surface area contributed by atoms with E-state index in [1.165, 1.54) is 6.08 Å². The number of carbonyl (C=O) groups excluding carboxylic acids is 1. The van der Waals surface area contributed by atoms with Crippen LogP contribution in [-0.2, 0) is 9.53 Å². The molecule has 2 bridgehead atoms. The highest BCUT2D eigenvalue weighted by Crippen LogP contribution is 2.40. The average molecular weight is 298 g/mol. The minimum Gasteiger partial charge on any atom is -0.494 e. The van der Waals surface area contributed by atoms with Crippen molar-refractivity contribution in [2.45, 2.75) is 32.8 Å². The highest BCUT2D eigenvalue weighted by Gasteiger charge is 2.37. The molecule has 0 aromatic heterocycles. The van der Waals surface area contributed by atoms with Crippen molar-refractivity contribution in [2.75, 3.05) is 6.61 Å². The molecule has 3 atom stereocenters. The third kappa shape index (κ3) is 3.24. The van der Waals surface area contributed by atoms with Crippen LogP contribution in [0.5, 0.6) is 5.75 Å². The van der Waals surface area contributed by atoms with Gasteiger partial charge in [-0.1, -0.05) is 18.2 Å². The molecule has 116 valence electrons. The van der Waals surface area contributed by atoms with Crippen molar-refractivity contribution in [1.82, 2.24) is 0 Å². The van der Waals surface area contributed by atoms with Crippen LogP contribution in [0.4, 0.5) is 0 Å². The highest BCUT2D eigenvalue weighted by atomic mass is 16.5. The molecule has 0 heterocycles. The van der Waals surface area contributed by atoms with Crippen molar-refractivity contribution in [3.63, 3.8) is 0 Å². The molecule has 0 aliphatic heterocycles. The number of fused-ring (bicyclic) bond motifs is 2. The van der Waals surface area contributed by atoms with Crippen LogP contribution in [0.1, 0.15) is 30.9 Å². The number of carbonyl (C=O) groups is 1. The van der Waals surface area contributed by atoms with E-state index in [1.54, 1.807) is 0 Å². The largest absolute Gasteiger partial charge is 0.494 e. The molecular formula is C19H22O3. The molecule has 2 aliphatic rings. The highest BCUT2D eigenvalue weighted by molar-refractivity contribution is 5.87. The third-order valence-corrected chi connectivity index (χ3v) is 4.44. The van der Waals surface area contributed by atoms with Gasteiger partial charge >= 0.3 is 5.97 Å². The number of benzene rings is 1.